The van der Waals surface area contributed by atoms with Crippen molar-refractivity contribution in [2.24, 2.45) is 0 Å². The highest BCUT2D eigenvalue weighted by atomic mass is 79.9. The highest BCUT2D eigenvalue weighted by Crippen LogP contribution is 2.24. The normalized spacial score (nSPS) is 10.1. The van der Waals surface area contributed by atoms with Crippen molar-refractivity contribution < 1.29 is 14.3 Å². The Balaban J connectivity index is 2.03. The van der Waals surface area contributed by atoms with Crippen LogP contribution in [0.5, 0.6) is 5.75 Å². The number of rotatable bonds is 6. The molecule has 0 atom stereocenters. The van der Waals surface area contributed by atoms with Crippen LogP contribution in [0.2, 0.25) is 0 Å². The topological polar surface area (TPSA) is 47.6 Å². The van der Waals surface area contributed by atoms with Gasteiger partial charge in [-0.3, -0.25) is 0 Å². The predicted molar refractivity (Wildman–Crippen MR) is 90.4 cm³/mol. The van der Waals surface area contributed by atoms with Crippen molar-refractivity contribution in [2.45, 2.75) is 13.5 Å². The van der Waals surface area contributed by atoms with E-state index in [1.807, 2.05) is 30.3 Å². The second-order valence-electron chi connectivity index (χ2n) is 4.61. The molecule has 0 spiro atoms. The van der Waals surface area contributed by atoms with Gasteiger partial charge in [-0.1, -0.05) is 15.9 Å². The summed E-state index contributed by atoms with van der Waals surface area (Å²) in [6, 6.07) is 13.1. The summed E-state index contributed by atoms with van der Waals surface area (Å²) >= 11 is 3.46. The molecule has 4 nitrogen and oxygen atoms in total. The zero-order valence-corrected chi connectivity index (χ0v) is 14.1. The van der Waals surface area contributed by atoms with Gasteiger partial charge >= 0.3 is 5.97 Å². The van der Waals surface area contributed by atoms with Gasteiger partial charge in [0, 0.05) is 22.3 Å². The summed E-state index contributed by atoms with van der Waals surface area (Å²) in [7, 11) is 1.65. The van der Waals surface area contributed by atoms with E-state index >= 15 is 0 Å². The van der Waals surface area contributed by atoms with E-state index in [0.29, 0.717) is 18.7 Å². The van der Waals surface area contributed by atoms with E-state index in [-0.39, 0.29) is 5.97 Å². The van der Waals surface area contributed by atoms with Crippen molar-refractivity contribution >= 4 is 27.6 Å². The zero-order chi connectivity index (χ0) is 15.9. The minimum absolute atomic E-state index is 0.303. The Morgan fingerprint density at radius 1 is 1.18 bits per heavy atom. The number of carbonyl (C=O) groups excluding carboxylic acids is 1. The average molecular weight is 364 g/mol. The predicted octanol–water partition coefficient (Wildman–Crippen LogP) is 4.25. The highest BCUT2D eigenvalue weighted by Gasteiger charge is 2.06. The third-order valence-corrected chi connectivity index (χ3v) is 3.61. The lowest BCUT2D eigenvalue weighted by Crippen LogP contribution is -2.05. The maximum Gasteiger partial charge on any atom is 0.338 e. The number of hydrogen-bond acceptors (Lipinski definition) is 4. The van der Waals surface area contributed by atoms with Crippen LogP contribution in [0.15, 0.2) is 46.9 Å². The molecule has 0 unspecified atom stereocenters. The minimum Gasteiger partial charge on any atom is -0.496 e. The molecule has 0 bridgehead atoms. The average Bonchev–Trinajstić information content (AvgIpc) is 2.54. The Hall–Kier alpha value is -2.01. The molecule has 0 saturated heterocycles. The fourth-order valence-corrected chi connectivity index (χ4v) is 2.43. The van der Waals surface area contributed by atoms with E-state index < -0.39 is 0 Å². The van der Waals surface area contributed by atoms with Crippen molar-refractivity contribution in [1.82, 2.24) is 0 Å². The summed E-state index contributed by atoms with van der Waals surface area (Å²) in [6.45, 7) is 2.79. The van der Waals surface area contributed by atoms with E-state index in [1.54, 1.807) is 26.2 Å². The van der Waals surface area contributed by atoms with Crippen molar-refractivity contribution in [2.75, 3.05) is 19.0 Å². The van der Waals surface area contributed by atoms with Crippen molar-refractivity contribution in [3.8, 4) is 5.75 Å². The number of carbonyl (C=O) groups is 1. The molecule has 0 aliphatic carbocycles. The number of nitrogens with one attached hydrogen (secondary N) is 1. The molecule has 0 radical (unpaired) electrons. The third-order valence-electron chi connectivity index (χ3n) is 3.12. The van der Waals surface area contributed by atoms with Crippen molar-refractivity contribution in [3.05, 3.63) is 58.1 Å². The molecule has 0 saturated carbocycles. The molecule has 5 heteroatoms. The Morgan fingerprint density at radius 3 is 2.55 bits per heavy atom. The van der Waals surface area contributed by atoms with Crippen LogP contribution in [0.4, 0.5) is 5.69 Å². The zero-order valence-electron chi connectivity index (χ0n) is 12.6. The molecule has 0 aliphatic rings. The summed E-state index contributed by atoms with van der Waals surface area (Å²) in [5.41, 5.74) is 2.52. The van der Waals surface area contributed by atoms with Gasteiger partial charge in [0.1, 0.15) is 5.75 Å². The first-order valence-electron chi connectivity index (χ1n) is 6.97. The number of hydrogen-bond donors (Lipinski definition) is 1. The Kier molecular flexibility index (Phi) is 5.83. The molecule has 2 aromatic carbocycles. The summed E-state index contributed by atoms with van der Waals surface area (Å²) in [6.07, 6.45) is 0. The van der Waals surface area contributed by atoms with E-state index in [0.717, 1.165) is 21.5 Å². The van der Waals surface area contributed by atoms with Gasteiger partial charge in [-0.05, 0) is 49.4 Å². The molecule has 1 N–H and O–H groups in total. The molecule has 0 heterocycles. The van der Waals surface area contributed by atoms with Crippen LogP contribution in [0, 0.1) is 0 Å². The van der Waals surface area contributed by atoms with Gasteiger partial charge in [0.05, 0.1) is 19.3 Å². The smallest absolute Gasteiger partial charge is 0.338 e. The molecule has 0 aromatic heterocycles. The van der Waals surface area contributed by atoms with Crippen LogP contribution in [0.1, 0.15) is 22.8 Å². The summed E-state index contributed by atoms with van der Waals surface area (Å²) in [4.78, 5) is 11.6. The van der Waals surface area contributed by atoms with Crippen LogP contribution in [0.25, 0.3) is 0 Å². The molecule has 22 heavy (non-hydrogen) atoms. The van der Waals surface area contributed by atoms with E-state index in [1.165, 1.54) is 0 Å². The lowest BCUT2D eigenvalue weighted by molar-refractivity contribution is 0.0526. The summed E-state index contributed by atoms with van der Waals surface area (Å²) < 4.78 is 11.3. The fourth-order valence-electron chi connectivity index (χ4n) is 2.02. The van der Waals surface area contributed by atoms with Gasteiger partial charge in [0.2, 0.25) is 0 Å². The van der Waals surface area contributed by atoms with Gasteiger partial charge in [-0.2, -0.15) is 0 Å². The maximum absolute atomic E-state index is 11.6. The van der Waals surface area contributed by atoms with Gasteiger partial charge in [0.25, 0.3) is 0 Å². The Morgan fingerprint density at radius 2 is 1.91 bits per heavy atom. The standard InChI is InChI=1S/C17H18BrNO3/c1-3-22-17(20)12-4-7-15(8-5-12)19-11-13-10-14(18)6-9-16(13)21-2/h4-10,19H,3,11H2,1-2H3. The minimum atomic E-state index is -0.303. The number of benzene rings is 2. The van der Waals surface area contributed by atoms with Crippen molar-refractivity contribution in [1.29, 1.82) is 0 Å². The van der Waals surface area contributed by atoms with Crippen LogP contribution in [-0.2, 0) is 11.3 Å². The molecule has 2 rings (SSSR count). The van der Waals surface area contributed by atoms with Crippen LogP contribution < -0.4 is 10.1 Å². The Bertz CT molecular complexity index is 641. The lowest BCUT2D eigenvalue weighted by Gasteiger charge is -2.11. The van der Waals surface area contributed by atoms with E-state index in [2.05, 4.69) is 21.2 Å². The van der Waals surface area contributed by atoms with Gasteiger partial charge in [0.15, 0.2) is 0 Å². The van der Waals surface area contributed by atoms with Gasteiger partial charge < -0.3 is 14.8 Å². The first-order chi connectivity index (χ1) is 10.6. The quantitative estimate of drug-likeness (QED) is 0.779. The van der Waals surface area contributed by atoms with Gasteiger partial charge in [-0.25, -0.2) is 4.79 Å². The fraction of sp³-hybridized carbons (Fsp3) is 0.235. The molecule has 0 amide bonds. The summed E-state index contributed by atoms with van der Waals surface area (Å²) in [5, 5.41) is 3.31. The number of halogens is 1. The highest BCUT2D eigenvalue weighted by molar-refractivity contribution is 9.10. The SMILES string of the molecule is CCOC(=O)c1ccc(NCc2cc(Br)ccc2OC)cc1. The molecule has 0 fully saturated rings. The maximum atomic E-state index is 11.6. The first-order valence-corrected chi connectivity index (χ1v) is 7.76. The molecule has 2 aromatic rings. The summed E-state index contributed by atoms with van der Waals surface area (Å²) in [5.74, 6) is 0.529. The molecule has 116 valence electrons. The van der Waals surface area contributed by atoms with Crippen LogP contribution in [0.3, 0.4) is 0 Å². The number of methoxy groups -OCH3 is 1. The van der Waals surface area contributed by atoms with Gasteiger partial charge in [-0.15, -0.1) is 0 Å². The molecule has 0 aliphatic heterocycles. The lowest BCUT2D eigenvalue weighted by atomic mass is 10.1. The largest absolute Gasteiger partial charge is 0.496 e. The number of anilines is 1. The monoisotopic (exact) mass is 363 g/mol. The second kappa shape index (κ2) is 7.84. The van der Waals surface area contributed by atoms with Crippen LogP contribution >= 0.6 is 15.9 Å². The van der Waals surface area contributed by atoms with Crippen LogP contribution in [-0.4, -0.2) is 19.7 Å². The Labute approximate surface area is 138 Å². The first kappa shape index (κ1) is 16.4. The number of esters is 1. The van der Waals surface area contributed by atoms with E-state index in [9.17, 15) is 4.79 Å². The van der Waals surface area contributed by atoms with E-state index in [4.69, 9.17) is 9.47 Å². The van der Waals surface area contributed by atoms with Crippen molar-refractivity contribution in [3.63, 3.8) is 0 Å². The second-order valence-corrected chi connectivity index (χ2v) is 5.52. The molecular weight excluding hydrogens is 346 g/mol. The third kappa shape index (κ3) is 4.24. The molecular formula is C17H18BrNO3. The number of ether oxygens (including phenoxy) is 2.